The van der Waals surface area contributed by atoms with E-state index < -0.39 is 0 Å². The van der Waals surface area contributed by atoms with E-state index in [9.17, 15) is 0 Å². The quantitative estimate of drug-likeness (QED) is 0.306. The summed E-state index contributed by atoms with van der Waals surface area (Å²) in [6, 6.07) is 25.4. The largest absolute Gasteiger partial charge is 0.355 e. The highest BCUT2D eigenvalue weighted by atomic mass is 14.8. The zero-order valence-electron chi connectivity index (χ0n) is 18.6. The van der Waals surface area contributed by atoms with E-state index in [1.54, 1.807) is 0 Å². The number of hydrogen-bond donors (Lipinski definition) is 2. The third-order valence-corrected chi connectivity index (χ3v) is 6.05. The van der Waals surface area contributed by atoms with Crippen LogP contribution in [-0.2, 0) is 0 Å². The van der Waals surface area contributed by atoms with Gasteiger partial charge in [0.2, 0.25) is 0 Å². The monoisotopic (exact) mass is 428 g/mol. The molecule has 33 heavy (non-hydrogen) atoms. The van der Waals surface area contributed by atoms with Gasteiger partial charge in [0.05, 0.1) is 22.8 Å². The van der Waals surface area contributed by atoms with Crippen LogP contribution in [0.1, 0.15) is 53.7 Å². The Bertz CT molecular complexity index is 1580. The lowest BCUT2D eigenvalue weighted by molar-refractivity contribution is 0.866. The minimum absolute atomic E-state index is 0.507. The molecule has 1 aromatic carbocycles. The van der Waals surface area contributed by atoms with Crippen molar-refractivity contribution in [2.45, 2.75) is 19.8 Å². The van der Waals surface area contributed by atoms with E-state index in [0.717, 1.165) is 56.0 Å². The highest BCUT2D eigenvalue weighted by molar-refractivity contribution is 5.93. The van der Waals surface area contributed by atoms with Crippen LogP contribution in [0.15, 0.2) is 72.8 Å². The average molecular weight is 429 g/mol. The second kappa shape index (κ2) is 7.75. The molecule has 0 fully saturated rings. The van der Waals surface area contributed by atoms with Crippen molar-refractivity contribution in [2.24, 2.45) is 0 Å². The SMILES string of the molecule is CC(C)c1ccc(C2=Cc3cc4ccc(cc5ccc(cc6nc(cc2n3)C=C6)[nH]5)[nH]4)cc1. The summed E-state index contributed by atoms with van der Waals surface area (Å²) in [5, 5.41) is 0. The first-order valence-corrected chi connectivity index (χ1v) is 11.3. The van der Waals surface area contributed by atoms with Gasteiger partial charge in [-0.05, 0) is 83.8 Å². The molecule has 3 aromatic heterocycles. The number of aromatic amines is 2. The second-order valence-electron chi connectivity index (χ2n) is 8.87. The van der Waals surface area contributed by atoms with Crippen LogP contribution in [0.25, 0.3) is 45.9 Å². The van der Waals surface area contributed by atoms with Crippen LogP contribution in [0, 0.1) is 0 Å². The maximum absolute atomic E-state index is 4.95. The topological polar surface area (TPSA) is 57.4 Å². The summed E-state index contributed by atoms with van der Waals surface area (Å²) in [7, 11) is 0. The number of nitrogens with one attached hydrogen (secondary N) is 2. The third-order valence-electron chi connectivity index (χ3n) is 6.05. The molecule has 4 heteroatoms. The van der Waals surface area contributed by atoms with E-state index in [0.29, 0.717) is 5.92 Å². The Morgan fingerprint density at radius 3 is 1.82 bits per heavy atom. The summed E-state index contributed by atoms with van der Waals surface area (Å²) in [4.78, 5) is 16.6. The molecule has 5 heterocycles. The number of hydrogen-bond acceptors (Lipinski definition) is 2. The van der Waals surface area contributed by atoms with Crippen LogP contribution in [-0.4, -0.2) is 19.9 Å². The Morgan fingerprint density at radius 1 is 0.606 bits per heavy atom. The van der Waals surface area contributed by atoms with Gasteiger partial charge in [-0.15, -0.1) is 0 Å². The van der Waals surface area contributed by atoms with Gasteiger partial charge in [-0.1, -0.05) is 38.1 Å². The number of benzene rings is 1. The van der Waals surface area contributed by atoms with Crippen LogP contribution in [0.5, 0.6) is 0 Å². The first-order valence-electron chi connectivity index (χ1n) is 11.3. The molecule has 4 nitrogen and oxygen atoms in total. The summed E-state index contributed by atoms with van der Waals surface area (Å²) in [5.74, 6) is 0.507. The van der Waals surface area contributed by atoms with Gasteiger partial charge >= 0.3 is 0 Å². The zero-order chi connectivity index (χ0) is 22.4. The Kier molecular flexibility index (Phi) is 4.58. The zero-order valence-corrected chi connectivity index (χ0v) is 18.6. The van der Waals surface area contributed by atoms with Crippen molar-refractivity contribution in [2.75, 3.05) is 0 Å². The summed E-state index contributed by atoms with van der Waals surface area (Å²) >= 11 is 0. The molecule has 0 amide bonds. The third kappa shape index (κ3) is 3.92. The van der Waals surface area contributed by atoms with E-state index in [2.05, 4.69) is 103 Å². The standard InChI is InChI=1S/C29H24N4/c1-18(2)19-3-5-20(6-4-19)28-16-27-15-25-10-9-23(31-25)13-21-7-8-22(30-21)14-24-11-12-26(32-24)17-29(28)33-27/h3-18,30-31H,1-2H3. The van der Waals surface area contributed by atoms with Gasteiger partial charge in [0.25, 0.3) is 0 Å². The second-order valence-corrected chi connectivity index (χ2v) is 8.87. The van der Waals surface area contributed by atoms with Crippen molar-refractivity contribution in [3.05, 3.63) is 107 Å². The van der Waals surface area contributed by atoms with Crippen LogP contribution < -0.4 is 0 Å². The fraction of sp³-hybridized carbons (Fsp3) is 0.103. The molecular weight excluding hydrogens is 404 g/mol. The lowest BCUT2D eigenvalue weighted by Crippen LogP contribution is -1.90. The first kappa shape index (κ1) is 19.5. The van der Waals surface area contributed by atoms with Crippen LogP contribution in [0.4, 0.5) is 0 Å². The molecule has 0 atom stereocenters. The van der Waals surface area contributed by atoms with Crippen molar-refractivity contribution >= 4 is 45.9 Å². The maximum Gasteiger partial charge on any atom is 0.0737 e. The number of nitrogens with zero attached hydrogens (tertiary/aromatic N) is 2. The van der Waals surface area contributed by atoms with Gasteiger partial charge in [-0.25, -0.2) is 9.97 Å². The smallest absolute Gasteiger partial charge is 0.0737 e. The lowest BCUT2D eigenvalue weighted by atomic mass is 9.97. The highest BCUT2D eigenvalue weighted by Crippen LogP contribution is 2.30. The van der Waals surface area contributed by atoms with Crippen LogP contribution in [0.3, 0.4) is 0 Å². The molecule has 0 saturated heterocycles. The first-order chi connectivity index (χ1) is 16.1. The van der Waals surface area contributed by atoms with Crippen LogP contribution >= 0.6 is 0 Å². The summed E-state index contributed by atoms with van der Waals surface area (Å²) in [5.41, 5.74) is 11.4. The van der Waals surface area contributed by atoms with E-state index >= 15 is 0 Å². The molecule has 4 aromatic rings. The van der Waals surface area contributed by atoms with Gasteiger partial charge in [0, 0.05) is 27.6 Å². The number of aromatic nitrogens is 4. The number of fused-ring (bicyclic) bond motifs is 8. The molecule has 0 spiro atoms. The molecule has 6 rings (SSSR count). The Balaban J connectivity index is 1.58. The van der Waals surface area contributed by atoms with Gasteiger partial charge < -0.3 is 9.97 Å². The van der Waals surface area contributed by atoms with E-state index in [4.69, 9.17) is 9.97 Å². The van der Waals surface area contributed by atoms with Gasteiger partial charge in [0.15, 0.2) is 0 Å². The molecular formula is C29H24N4. The fourth-order valence-electron chi connectivity index (χ4n) is 4.29. The molecule has 0 aliphatic carbocycles. The molecule has 160 valence electrons. The maximum atomic E-state index is 4.95. The van der Waals surface area contributed by atoms with Gasteiger partial charge in [-0.3, -0.25) is 0 Å². The normalized spacial score (nSPS) is 12.9. The molecule has 2 aliphatic heterocycles. The van der Waals surface area contributed by atoms with Crippen molar-refractivity contribution in [1.29, 1.82) is 0 Å². The lowest BCUT2D eigenvalue weighted by Gasteiger charge is -2.07. The summed E-state index contributed by atoms with van der Waals surface area (Å²) < 4.78 is 0. The Morgan fingerprint density at radius 2 is 1.18 bits per heavy atom. The average Bonchev–Trinajstić information content (AvgIpc) is 3.59. The predicted octanol–water partition coefficient (Wildman–Crippen LogP) is 7.20. The Labute approximate surface area is 192 Å². The van der Waals surface area contributed by atoms with Crippen molar-refractivity contribution < 1.29 is 0 Å². The fourth-order valence-corrected chi connectivity index (χ4v) is 4.29. The van der Waals surface area contributed by atoms with Crippen molar-refractivity contribution in [3.63, 3.8) is 0 Å². The highest BCUT2D eigenvalue weighted by Gasteiger charge is 2.14. The minimum Gasteiger partial charge on any atom is -0.355 e. The van der Waals surface area contributed by atoms with Crippen molar-refractivity contribution in [1.82, 2.24) is 19.9 Å². The van der Waals surface area contributed by atoms with E-state index in [1.165, 1.54) is 5.56 Å². The molecule has 0 saturated carbocycles. The summed E-state index contributed by atoms with van der Waals surface area (Å²) in [6.07, 6.45) is 6.24. The molecule has 0 radical (unpaired) electrons. The molecule has 2 aliphatic rings. The number of rotatable bonds is 2. The van der Waals surface area contributed by atoms with E-state index in [-0.39, 0.29) is 0 Å². The molecule has 2 N–H and O–H groups in total. The molecule has 0 unspecified atom stereocenters. The van der Waals surface area contributed by atoms with Gasteiger partial charge in [0.1, 0.15) is 0 Å². The van der Waals surface area contributed by atoms with E-state index in [1.807, 2.05) is 12.2 Å². The predicted molar refractivity (Wildman–Crippen MR) is 137 cm³/mol. The van der Waals surface area contributed by atoms with Crippen molar-refractivity contribution in [3.8, 4) is 0 Å². The van der Waals surface area contributed by atoms with Crippen LogP contribution in [0.2, 0.25) is 0 Å². The van der Waals surface area contributed by atoms with Gasteiger partial charge in [-0.2, -0.15) is 0 Å². The minimum atomic E-state index is 0.507. The Hall–Kier alpha value is -4.18. The number of H-pyrrole nitrogens is 2. The summed E-state index contributed by atoms with van der Waals surface area (Å²) in [6.45, 7) is 4.43. The molecule has 8 bridgehead atoms.